The summed E-state index contributed by atoms with van der Waals surface area (Å²) in [6.45, 7) is 7.33. The van der Waals surface area contributed by atoms with E-state index in [1.807, 2.05) is 6.07 Å². The monoisotopic (exact) mass is 399 g/mol. The Hall–Kier alpha value is -3.13. The maximum absolute atomic E-state index is 12.7. The van der Waals surface area contributed by atoms with Crippen LogP contribution >= 0.6 is 0 Å². The molecule has 1 aliphatic rings. The SMILES string of the molecule is C=C1c2ccccc2C(=O)N1C(C)C(=O)Nc1ccc(C)c(NS(C)(=O)=O)c1. The van der Waals surface area contributed by atoms with Gasteiger partial charge >= 0.3 is 0 Å². The van der Waals surface area contributed by atoms with Gasteiger partial charge in [-0.2, -0.15) is 0 Å². The number of benzene rings is 2. The summed E-state index contributed by atoms with van der Waals surface area (Å²) in [4.78, 5) is 26.8. The third-order valence-corrected chi connectivity index (χ3v) is 5.14. The van der Waals surface area contributed by atoms with Gasteiger partial charge in [0.1, 0.15) is 6.04 Å². The Morgan fingerprint density at radius 3 is 2.39 bits per heavy atom. The molecular weight excluding hydrogens is 378 g/mol. The van der Waals surface area contributed by atoms with Crippen LogP contribution in [0.3, 0.4) is 0 Å². The van der Waals surface area contributed by atoms with E-state index in [1.165, 1.54) is 11.0 Å². The number of carbonyl (C=O) groups excluding carboxylic acids is 2. The summed E-state index contributed by atoms with van der Waals surface area (Å²) in [6.07, 6.45) is 1.06. The topological polar surface area (TPSA) is 95.6 Å². The van der Waals surface area contributed by atoms with Crippen LogP contribution in [0.1, 0.15) is 28.4 Å². The molecule has 0 saturated carbocycles. The van der Waals surface area contributed by atoms with Crippen molar-refractivity contribution >= 4 is 38.9 Å². The summed E-state index contributed by atoms with van der Waals surface area (Å²) in [7, 11) is -3.45. The third-order valence-electron chi connectivity index (χ3n) is 4.55. The lowest BCUT2D eigenvalue weighted by atomic mass is 10.1. The summed E-state index contributed by atoms with van der Waals surface area (Å²) in [5, 5.41) is 2.73. The number of nitrogens with one attached hydrogen (secondary N) is 2. The van der Waals surface area contributed by atoms with Crippen molar-refractivity contribution in [1.82, 2.24) is 4.90 Å². The number of rotatable bonds is 5. The summed E-state index contributed by atoms with van der Waals surface area (Å²) < 4.78 is 25.4. The van der Waals surface area contributed by atoms with Gasteiger partial charge in [-0.15, -0.1) is 0 Å². The molecule has 2 N–H and O–H groups in total. The summed E-state index contributed by atoms with van der Waals surface area (Å²) in [5.41, 5.74) is 3.22. The van der Waals surface area contributed by atoms with Crippen LogP contribution in [0.2, 0.25) is 0 Å². The molecule has 2 amide bonds. The van der Waals surface area contributed by atoms with Crippen molar-refractivity contribution in [1.29, 1.82) is 0 Å². The lowest BCUT2D eigenvalue weighted by Crippen LogP contribution is -2.41. The first-order chi connectivity index (χ1) is 13.1. The predicted molar refractivity (Wildman–Crippen MR) is 109 cm³/mol. The van der Waals surface area contributed by atoms with Gasteiger partial charge < -0.3 is 5.32 Å². The quantitative estimate of drug-likeness (QED) is 0.808. The molecule has 1 atom stereocenters. The van der Waals surface area contributed by atoms with Crippen LogP contribution < -0.4 is 10.0 Å². The van der Waals surface area contributed by atoms with E-state index >= 15 is 0 Å². The van der Waals surface area contributed by atoms with Gasteiger partial charge in [0, 0.05) is 22.5 Å². The second kappa shape index (κ2) is 7.12. The van der Waals surface area contributed by atoms with E-state index in [1.54, 1.807) is 44.2 Å². The minimum atomic E-state index is -3.45. The molecule has 0 spiro atoms. The zero-order valence-corrected chi connectivity index (χ0v) is 16.6. The van der Waals surface area contributed by atoms with E-state index in [4.69, 9.17) is 0 Å². The molecule has 2 aromatic carbocycles. The van der Waals surface area contributed by atoms with Crippen LogP contribution in [-0.2, 0) is 14.8 Å². The number of sulfonamides is 1. The molecule has 1 aliphatic heterocycles. The normalized spacial score (nSPS) is 14.6. The highest BCUT2D eigenvalue weighted by Crippen LogP contribution is 2.33. The molecule has 0 aromatic heterocycles. The molecule has 146 valence electrons. The second-order valence-corrected chi connectivity index (χ2v) is 8.49. The predicted octanol–water partition coefficient (Wildman–Crippen LogP) is 2.82. The summed E-state index contributed by atoms with van der Waals surface area (Å²) in [5.74, 6) is -0.678. The van der Waals surface area contributed by atoms with Crippen LogP contribution in [0.15, 0.2) is 49.0 Å². The number of hydrogen-bond donors (Lipinski definition) is 2. The summed E-state index contributed by atoms with van der Waals surface area (Å²) in [6, 6.07) is 11.2. The largest absolute Gasteiger partial charge is 0.324 e. The first-order valence-corrected chi connectivity index (χ1v) is 10.5. The van der Waals surface area contributed by atoms with Crippen molar-refractivity contribution in [2.24, 2.45) is 0 Å². The van der Waals surface area contributed by atoms with Crippen molar-refractivity contribution < 1.29 is 18.0 Å². The molecule has 7 nitrogen and oxygen atoms in total. The zero-order chi connectivity index (χ0) is 20.6. The smallest absolute Gasteiger partial charge is 0.259 e. The van der Waals surface area contributed by atoms with Crippen LogP contribution in [0.25, 0.3) is 5.70 Å². The first kappa shape index (κ1) is 19.6. The van der Waals surface area contributed by atoms with Gasteiger partial charge in [0.25, 0.3) is 5.91 Å². The molecule has 28 heavy (non-hydrogen) atoms. The summed E-state index contributed by atoms with van der Waals surface area (Å²) >= 11 is 0. The standard InChI is InChI=1S/C20H21N3O4S/c1-12-9-10-15(11-18(12)22-28(4,26)27)21-19(24)14(3)23-13(2)16-7-5-6-8-17(16)20(23)25/h5-11,14,22H,2H2,1,3-4H3,(H,21,24). The molecule has 0 aliphatic carbocycles. The number of anilines is 2. The maximum atomic E-state index is 12.7. The molecule has 1 unspecified atom stereocenters. The molecule has 0 fully saturated rings. The maximum Gasteiger partial charge on any atom is 0.259 e. The van der Waals surface area contributed by atoms with Crippen LogP contribution in [0, 0.1) is 6.92 Å². The van der Waals surface area contributed by atoms with Gasteiger partial charge in [-0.1, -0.05) is 30.8 Å². The van der Waals surface area contributed by atoms with Gasteiger partial charge in [0.15, 0.2) is 0 Å². The molecule has 0 radical (unpaired) electrons. The number of fused-ring (bicyclic) bond motifs is 1. The molecule has 1 heterocycles. The van der Waals surface area contributed by atoms with Crippen molar-refractivity contribution in [3.8, 4) is 0 Å². The minimum Gasteiger partial charge on any atom is -0.324 e. The Labute approximate surface area is 164 Å². The Kier molecular flexibility index (Phi) is 4.99. The van der Waals surface area contributed by atoms with Gasteiger partial charge in [-0.3, -0.25) is 19.2 Å². The number of aryl methyl sites for hydroxylation is 1. The lowest BCUT2D eigenvalue weighted by molar-refractivity contribution is -0.119. The number of nitrogens with zero attached hydrogens (tertiary/aromatic N) is 1. The van der Waals surface area contributed by atoms with E-state index in [2.05, 4.69) is 16.6 Å². The highest BCUT2D eigenvalue weighted by atomic mass is 32.2. The van der Waals surface area contributed by atoms with Gasteiger partial charge in [0.2, 0.25) is 15.9 Å². The molecule has 2 aromatic rings. The van der Waals surface area contributed by atoms with Crippen molar-refractivity contribution in [2.45, 2.75) is 19.9 Å². The Morgan fingerprint density at radius 2 is 1.79 bits per heavy atom. The van der Waals surface area contributed by atoms with Crippen LogP contribution in [-0.4, -0.2) is 37.4 Å². The number of hydrogen-bond acceptors (Lipinski definition) is 4. The highest BCUT2D eigenvalue weighted by molar-refractivity contribution is 7.92. The first-order valence-electron chi connectivity index (χ1n) is 8.59. The van der Waals surface area contributed by atoms with Crippen LogP contribution in [0.5, 0.6) is 0 Å². The van der Waals surface area contributed by atoms with E-state index in [0.29, 0.717) is 28.2 Å². The van der Waals surface area contributed by atoms with Crippen molar-refractivity contribution in [3.05, 3.63) is 65.7 Å². The molecule has 8 heteroatoms. The van der Waals surface area contributed by atoms with E-state index in [0.717, 1.165) is 11.8 Å². The Balaban J connectivity index is 1.80. The van der Waals surface area contributed by atoms with Crippen LogP contribution in [0.4, 0.5) is 11.4 Å². The second-order valence-electron chi connectivity index (χ2n) is 6.74. The molecular formula is C20H21N3O4S. The van der Waals surface area contributed by atoms with Gasteiger partial charge in [-0.05, 0) is 37.6 Å². The lowest BCUT2D eigenvalue weighted by Gasteiger charge is -2.24. The van der Waals surface area contributed by atoms with Crippen molar-refractivity contribution in [2.75, 3.05) is 16.3 Å². The molecule has 0 saturated heterocycles. The Morgan fingerprint density at radius 1 is 1.14 bits per heavy atom. The Bertz CT molecular complexity index is 1060. The van der Waals surface area contributed by atoms with Gasteiger partial charge in [-0.25, -0.2) is 8.42 Å². The molecule has 0 bridgehead atoms. The average Bonchev–Trinajstić information content (AvgIpc) is 2.87. The van der Waals surface area contributed by atoms with Gasteiger partial charge in [0.05, 0.1) is 11.9 Å². The fraction of sp³-hybridized carbons (Fsp3) is 0.200. The fourth-order valence-electron chi connectivity index (χ4n) is 3.09. The number of carbonyl (C=O) groups is 2. The molecule has 3 rings (SSSR count). The zero-order valence-electron chi connectivity index (χ0n) is 15.8. The minimum absolute atomic E-state index is 0.272. The van der Waals surface area contributed by atoms with E-state index < -0.39 is 22.0 Å². The number of amides is 2. The third kappa shape index (κ3) is 3.77. The van der Waals surface area contributed by atoms with E-state index in [-0.39, 0.29) is 5.91 Å². The average molecular weight is 399 g/mol. The van der Waals surface area contributed by atoms with Crippen molar-refractivity contribution in [3.63, 3.8) is 0 Å². The fourth-order valence-corrected chi connectivity index (χ4v) is 3.71. The van der Waals surface area contributed by atoms with E-state index in [9.17, 15) is 18.0 Å². The highest BCUT2D eigenvalue weighted by Gasteiger charge is 2.36.